The van der Waals surface area contributed by atoms with Gasteiger partial charge in [-0.3, -0.25) is 0 Å². The summed E-state index contributed by atoms with van der Waals surface area (Å²) in [6.07, 6.45) is 9.04. The molecule has 0 spiro atoms. The Morgan fingerprint density at radius 3 is 2.83 bits per heavy atom. The van der Waals surface area contributed by atoms with Crippen LogP contribution in [0.3, 0.4) is 0 Å². The number of imidazole rings is 1. The van der Waals surface area contributed by atoms with E-state index < -0.39 is 8.07 Å². The van der Waals surface area contributed by atoms with Gasteiger partial charge in [-0.2, -0.15) is 5.10 Å². The molecular formula is C29H35FN8O2Si. The van der Waals surface area contributed by atoms with Gasteiger partial charge in [0.2, 0.25) is 5.88 Å². The quantitative estimate of drug-likeness (QED) is 0.165. The van der Waals surface area contributed by atoms with Crippen LogP contribution in [0.4, 0.5) is 10.2 Å². The first-order valence-corrected chi connectivity index (χ1v) is 17.7. The molecule has 0 bridgehead atoms. The maximum atomic E-state index is 14.2. The maximum Gasteiger partial charge on any atom is 0.218 e. The molecule has 0 aliphatic carbocycles. The molecule has 1 fully saturated rings. The number of hydrogen-bond donors (Lipinski definition) is 0. The molecule has 0 radical (unpaired) electrons. The van der Waals surface area contributed by atoms with Crippen LogP contribution in [0.5, 0.6) is 5.88 Å². The van der Waals surface area contributed by atoms with Gasteiger partial charge in [-0.05, 0) is 43.2 Å². The highest BCUT2D eigenvalue weighted by atomic mass is 28.3. The number of hydrogen-bond acceptors (Lipinski definition) is 8. The second-order valence-electron chi connectivity index (χ2n) is 11.7. The molecule has 1 saturated heterocycles. The third kappa shape index (κ3) is 5.66. The lowest BCUT2D eigenvalue weighted by atomic mass is 10.1. The standard InChI is InChI=1S/C29H35FN8O2Si/c1-39-29-22(16-21(30)18-32-29)23-8-6-11-36(23)25-9-12-38-28(35-25)20(17-33-38)15-26-34-27-24(7-5-10-31-27)37(26)19-40-13-14-41(2,3)4/h5,7,9-10,12,16-18,23H,6,8,11,13-15,19H2,1-4H3/t23-/m1/s1. The van der Waals surface area contributed by atoms with Crippen LogP contribution in [0, 0.1) is 5.82 Å². The number of aromatic nitrogens is 7. The molecule has 0 saturated carbocycles. The fourth-order valence-electron chi connectivity index (χ4n) is 5.40. The van der Waals surface area contributed by atoms with E-state index in [4.69, 9.17) is 19.4 Å². The van der Waals surface area contributed by atoms with Crippen molar-refractivity contribution in [2.75, 3.05) is 25.2 Å². The van der Waals surface area contributed by atoms with Crippen molar-refractivity contribution >= 4 is 30.7 Å². The summed E-state index contributed by atoms with van der Waals surface area (Å²) in [5.74, 6) is 1.71. The fourth-order valence-corrected chi connectivity index (χ4v) is 6.15. The van der Waals surface area contributed by atoms with Gasteiger partial charge in [0, 0.05) is 51.2 Å². The highest BCUT2D eigenvalue weighted by Crippen LogP contribution is 2.39. The van der Waals surface area contributed by atoms with Crippen LogP contribution >= 0.6 is 0 Å². The lowest BCUT2D eigenvalue weighted by molar-refractivity contribution is 0.0881. The number of pyridine rings is 2. The molecule has 0 amide bonds. The number of halogens is 1. The molecule has 1 aliphatic rings. The summed E-state index contributed by atoms with van der Waals surface area (Å²) in [6.45, 7) is 8.98. The van der Waals surface area contributed by atoms with Gasteiger partial charge in [0.15, 0.2) is 11.3 Å². The van der Waals surface area contributed by atoms with Crippen LogP contribution in [0.2, 0.25) is 25.7 Å². The van der Waals surface area contributed by atoms with Crippen molar-refractivity contribution in [1.82, 2.24) is 34.1 Å². The van der Waals surface area contributed by atoms with Crippen molar-refractivity contribution in [3.63, 3.8) is 0 Å². The molecule has 1 atom stereocenters. The third-order valence-electron chi connectivity index (χ3n) is 7.54. The molecule has 0 unspecified atom stereocenters. The third-order valence-corrected chi connectivity index (χ3v) is 9.25. The van der Waals surface area contributed by atoms with Crippen molar-refractivity contribution in [3.05, 3.63) is 71.8 Å². The van der Waals surface area contributed by atoms with Gasteiger partial charge < -0.3 is 18.9 Å². The summed E-state index contributed by atoms with van der Waals surface area (Å²) >= 11 is 0. The van der Waals surface area contributed by atoms with Crippen molar-refractivity contribution in [2.45, 2.75) is 57.7 Å². The number of nitrogens with zero attached hydrogens (tertiary/aromatic N) is 8. The topological polar surface area (TPSA) is 95.5 Å². The molecule has 1 aliphatic heterocycles. The van der Waals surface area contributed by atoms with Crippen LogP contribution in [-0.4, -0.2) is 62.5 Å². The molecule has 12 heteroatoms. The van der Waals surface area contributed by atoms with Crippen LogP contribution in [0.25, 0.3) is 16.8 Å². The van der Waals surface area contributed by atoms with Crippen molar-refractivity contribution in [1.29, 1.82) is 0 Å². The monoisotopic (exact) mass is 574 g/mol. The van der Waals surface area contributed by atoms with Crippen molar-refractivity contribution < 1.29 is 13.9 Å². The van der Waals surface area contributed by atoms with Gasteiger partial charge in [0.1, 0.15) is 24.2 Å². The van der Waals surface area contributed by atoms with E-state index in [0.717, 1.165) is 66.0 Å². The highest BCUT2D eigenvalue weighted by Gasteiger charge is 2.31. The van der Waals surface area contributed by atoms with Crippen molar-refractivity contribution in [2.24, 2.45) is 0 Å². The second kappa shape index (κ2) is 11.2. The summed E-state index contributed by atoms with van der Waals surface area (Å²) < 4.78 is 29.6. The van der Waals surface area contributed by atoms with E-state index >= 15 is 0 Å². The number of ether oxygens (including phenoxy) is 2. The van der Waals surface area contributed by atoms with Crippen molar-refractivity contribution in [3.8, 4) is 5.88 Å². The SMILES string of the molecule is COc1ncc(F)cc1[C@H]1CCCN1c1ccn2ncc(Cc3nc4ncccc4n3COCC[Si](C)(C)C)c2n1. The molecule has 10 nitrogen and oxygen atoms in total. The van der Waals surface area contributed by atoms with Gasteiger partial charge in [-0.1, -0.05) is 19.6 Å². The Balaban J connectivity index is 1.30. The molecular weight excluding hydrogens is 539 g/mol. The first kappa shape index (κ1) is 27.3. The first-order valence-electron chi connectivity index (χ1n) is 14.0. The van der Waals surface area contributed by atoms with E-state index in [9.17, 15) is 4.39 Å². The van der Waals surface area contributed by atoms with E-state index in [1.165, 1.54) is 12.3 Å². The van der Waals surface area contributed by atoms with Gasteiger partial charge >= 0.3 is 0 Å². The highest BCUT2D eigenvalue weighted by molar-refractivity contribution is 6.76. The van der Waals surface area contributed by atoms with Gasteiger partial charge in [-0.25, -0.2) is 28.8 Å². The number of rotatable bonds is 10. The summed E-state index contributed by atoms with van der Waals surface area (Å²) in [5, 5.41) is 4.56. The van der Waals surface area contributed by atoms with Gasteiger partial charge in [-0.15, -0.1) is 0 Å². The maximum absolute atomic E-state index is 14.2. The minimum absolute atomic E-state index is 0.0851. The molecule has 214 valence electrons. The van der Waals surface area contributed by atoms with Crippen LogP contribution < -0.4 is 9.64 Å². The minimum atomic E-state index is -1.20. The van der Waals surface area contributed by atoms with E-state index in [2.05, 4.69) is 44.2 Å². The van der Waals surface area contributed by atoms with E-state index in [-0.39, 0.29) is 11.9 Å². The second-order valence-corrected chi connectivity index (χ2v) is 17.3. The largest absolute Gasteiger partial charge is 0.481 e. The summed E-state index contributed by atoms with van der Waals surface area (Å²) in [6, 6.07) is 8.43. The average Bonchev–Trinajstić information content (AvgIpc) is 3.68. The van der Waals surface area contributed by atoms with Gasteiger partial charge in [0.25, 0.3) is 0 Å². The summed E-state index contributed by atoms with van der Waals surface area (Å²) in [7, 11) is 0.366. The molecule has 0 aromatic carbocycles. The molecule has 6 heterocycles. The number of anilines is 1. The van der Waals surface area contributed by atoms with Crippen LogP contribution in [-0.2, 0) is 17.9 Å². The smallest absolute Gasteiger partial charge is 0.218 e. The van der Waals surface area contributed by atoms with Crippen LogP contribution in [0.1, 0.15) is 35.8 Å². The first-order chi connectivity index (χ1) is 19.8. The lowest BCUT2D eigenvalue weighted by Crippen LogP contribution is -2.24. The Hall–Kier alpha value is -3.90. The zero-order chi connectivity index (χ0) is 28.6. The fraction of sp³-hybridized carbons (Fsp3) is 0.414. The minimum Gasteiger partial charge on any atom is -0.481 e. The molecule has 0 N–H and O–H groups in total. The lowest BCUT2D eigenvalue weighted by Gasteiger charge is -2.27. The molecule has 5 aromatic rings. The Bertz CT molecular complexity index is 1680. The van der Waals surface area contributed by atoms with Gasteiger partial charge in [0.05, 0.1) is 31.1 Å². The Morgan fingerprint density at radius 2 is 2.00 bits per heavy atom. The molecule has 5 aromatic heterocycles. The summed E-state index contributed by atoms with van der Waals surface area (Å²) in [4.78, 5) is 20.7. The molecule has 41 heavy (non-hydrogen) atoms. The predicted octanol–water partition coefficient (Wildman–Crippen LogP) is 5.26. The normalized spacial score (nSPS) is 15.8. The number of methoxy groups -OCH3 is 1. The average molecular weight is 575 g/mol. The Kier molecular flexibility index (Phi) is 7.43. The van der Waals surface area contributed by atoms with Crippen LogP contribution in [0.15, 0.2) is 49.1 Å². The Labute approximate surface area is 239 Å². The van der Waals surface area contributed by atoms with E-state index in [0.29, 0.717) is 24.7 Å². The Morgan fingerprint density at radius 1 is 1.12 bits per heavy atom. The number of fused-ring (bicyclic) bond motifs is 2. The predicted molar refractivity (Wildman–Crippen MR) is 157 cm³/mol. The van der Waals surface area contributed by atoms with E-state index in [1.54, 1.807) is 17.8 Å². The zero-order valence-electron chi connectivity index (χ0n) is 23.9. The van der Waals surface area contributed by atoms with E-state index in [1.807, 2.05) is 30.6 Å². The molecule has 6 rings (SSSR count). The summed E-state index contributed by atoms with van der Waals surface area (Å²) in [5.41, 5.74) is 4.07. The zero-order valence-corrected chi connectivity index (χ0v) is 24.9.